The van der Waals surface area contributed by atoms with Crippen LogP contribution in [-0.2, 0) is 6.54 Å². The van der Waals surface area contributed by atoms with E-state index in [0.717, 1.165) is 5.56 Å². The zero-order valence-electron chi connectivity index (χ0n) is 7.60. The van der Waals surface area contributed by atoms with Crippen LogP contribution in [0.5, 0.6) is 0 Å². The number of aromatic amines is 1. The maximum atomic E-state index is 11.3. The second-order valence-electron chi connectivity index (χ2n) is 3.13. The predicted molar refractivity (Wildman–Crippen MR) is 55.0 cm³/mol. The van der Waals surface area contributed by atoms with Crippen LogP contribution < -0.4 is 11.4 Å². The minimum Gasteiger partial charge on any atom is -0.384 e. The molecule has 14 heavy (non-hydrogen) atoms. The van der Waals surface area contributed by atoms with E-state index < -0.39 is 0 Å². The highest BCUT2D eigenvalue weighted by atomic mass is 16.1. The summed E-state index contributed by atoms with van der Waals surface area (Å²) in [5.74, 6) is 0.394. The molecule has 0 radical (unpaired) electrons. The Bertz CT molecular complexity index is 470. The summed E-state index contributed by atoms with van der Waals surface area (Å²) in [5.41, 5.74) is 6.36. The highest BCUT2D eigenvalue weighted by Crippen LogP contribution is 2.01. The van der Waals surface area contributed by atoms with Gasteiger partial charge in [-0.1, -0.05) is 30.3 Å². The molecule has 1 aromatic carbocycles. The summed E-state index contributed by atoms with van der Waals surface area (Å²) in [7, 11) is 0. The summed E-state index contributed by atoms with van der Waals surface area (Å²) in [4.78, 5) is 13.8. The number of hydrogen-bond donors (Lipinski definition) is 2. The van der Waals surface area contributed by atoms with Gasteiger partial charge in [-0.3, -0.25) is 9.55 Å². The van der Waals surface area contributed by atoms with E-state index in [-0.39, 0.29) is 5.69 Å². The van der Waals surface area contributed by atoms with E-state index >= 15 is 0 Å². The normalized spacial score (nSPS) is 10.3. The van der Waals surface area contributed by atoms with E-state index in [9.17, 15) is 4.79 Å². The van der Waals surface area contributed by atoms with Crippen molar-refractivity contribution in [3.8, 4) is 0 Å². The van der Waals surface area contributed by atoms with E-state index in [4.69, 9.17) is 5.73 Å². The van der Waals surface area contributed by atoms with Crippen LogP contribution in [0.1, 0.15) is 5.56 Å². The fourth-order valence-corrected chi connectivity index (χ4v) is 1.35. The number of nitrogens with one attached hydrogen (secondary N) is 1. The fraction of sp³-hybridized carbons (Fsp3) is 0.100. The molecular weight excluding hydrogens is 178 g/mol. The molecule has 2 aromatic rings. The summed E-state index contributed by atoms with van der Waals surface area (Å²) in [6.07, 6.45) is 1.61. The lowest BCUT2D eigenvalue weighted by Gasteiger charge is -1.99. The molecule has 1 heterocycles. The molecule has 1 aromatic heterocycles. The van der Waals surface area contributed by atoms with Crippen molar-refractivity contribution in [3.63, 3.8) is 0 Å². The number of anilines is 1. The Labute approximate surface area is 81.0 Å². The summed E-state index contributed by atoms with van der Waals surface area (Å²) >= 11 is 0. The minimum absolute atomic E-state index is 0.175. The van der Waals surface area contributed by atoms with E-state index in [1.54, 1.807) is 10.8 Å². The molecule has 2 rings (SSSR count). The Morgan fingerprint density at radius 1 is 1.29 bits per heavy atom. The number of H-pyrrole nitrogens is 1. The van der Waals surface area contributed by atoms with E-state index in [0.29, 0.717) is 12.4 Å². The molecule has 3 N–H and O–H groups in total. The molecule has 72 valence electrons. The fourth-order valence-electron chi connectivity index (χ4n) is 1.35. The molecule has 4 heteroatoms. The van der Waals surface area contributed by atoms with Gasteiger partial charge in [-0.15, -0.1) is 0 Å². The Kier molecular flexibility index (Phi) is 2.10. The predicted octanol–water partition coefficient (Wildman–Crippen LogP) is 0.807. The molecular formula is C10H11N3O. The summed E-state index contributed by atoms with van der Waals surface area (Å²) in [6.45, 7) is 0.549. The third-order valence-corrected chi connectivity index (χ3v) is 2.00. The van der Waals surface area contributed by atoms with Crippen molar-refractivity contribution in [1.29, 1.82) is 0 Å². The molecule has 0 saturated carbocycles. The molecule has 0 atom stereocenters. The van der Waals surface area contributed by atoms with Crippen LogP contribution in [0.4, 0.5) is 5.82 Å². The number of aromatic nitrogens is 2. The van der Waals surface area contributed by atoms with Crippen LogP contribution in [0.2, 0.25) is 0 Å². The van der Waals surface area contributed by atoms with Crippen molar-refractivity contribution in [1.82, 2.24) is 9.55 Å². The van der Waals surface area contributed by atoms with Crippen molar-refractivity contribution in [2.45, 2.75) is 6.54 Å². The Hall–Kier alpha value is -1.97. The van der Waals surface area contributed by atoms with Crippen molar-refractivity contribution < 1.29 is 0 Å². The van der Waals surface area contributed by atoms with Crippen LogP contribution in [-0.4, -0.2) is 9.55 Å². The van der Waals surface area contributed by atoms with Gasteiger partial charge in [0.2, 0.25) is 0 Å². The zero-order chi connectivity index (χ0) is 9.97. The third kappa shape index (κ3) is 1.69. The van der Waals surface area contributed by atoms with Crippen LogP contribution in [0, 0.1) is 0 Å². The largest absolute Gasteiger partial charge is 0.384 e. The monoisotopic (exact) mass is 189 g/mol. The van der Waals surface area contributed by atoms with Gasteiger partial charge in [-0.2, -0.15) is 0 Å². The van der Waals surface area contributed by atoms with E-state index in [1.807, 2.05) is 30.3 Å². The standard InChI is InChI=1S/C10H11N3O/c11-9-7-13(10(14)12-9)6-8-4-2-1-3-5-8/h1-5,7H,6,11H2,(H,12,14). The van der Waals surface area contributed by atoms with Gasteiger partial charge in [0.1, 0.15) is 5.82 Å². The van der Waals surface area contributed by atoms with Gasteiger partial charge in [0, 0.05) is 6.20 Å². The van der Waals surface area contributed by atoms with Gasteiger partial charge < -0.3 is 5.73 Å². The molecule has 0 saturated heterocycles. The molecule has 0 bridgehead atoms. The lowest BCUT2D eigenvalue weighted by molar-refractivity contribution is 0.762. The number of benzene rings is 1. The summed E-state index contributed by atoms with van der Waals surface area (Å²) in [6, 6.07) is 9.76. The van der Waals surface area contributed by atoms with Gasteiger partial charge in [-0.05, 0) is 5.56 Å². The first kappa shape index (κ1) is 8.62. The van der Waals surface area contributed by atoms with E-state index in [2.05, 4.69) is 4.98 Å². The molecule has 0 fully saturated rings. The highest BCUT2D eigenvalue weighted by Gasteiger charge is 1.99. The molecule has 4 nitrogen and oxygen atoms in total. The van der Waals surface area contributed by atoms with Crippen molar-refractivity contribution in [3.05, 3.63) is 52.6 Å². The molecule has 0 aliphatic heterocycles. The van der Waals surface area contributed by atoms with Crippen LogP contribution >= 0.6 is 0 Å². The first-order valence-corrected chi connectivity index (χ1v) is 4.34. The minimum atomic E-state index is -0.175. The second-order valence-corrected chi connectivity index (χ2v) is 3.13. The van der Waals surface area contributed by atoms with Gasteiger partial charge in [0.25, 0.3) is 0 Å². The van der Waals surface area contributed by atoms with Crippen LogP contribution in [0.15, 0.2) is 41.3 Å². The van der Waals surface area contributed by atoms with Crippen molar-refractivity contribution in [2.75, 3.05) is 5.73 Å². The van der Waals surface area contributed by atoms with Gasteiger partial charge in [-0.25, -0.2) is 4.79 Å². The second kappa shape index (κ2) is 3.41. The topological polar surface area (TPSA) is 63.8 Å². The number of imidazole rings is 1. The van der Waals surface area contributed by atoms with Gasteiger partial charge >= 0.3 is 5.69 Å². The summed E-state index contributed by atoms with van der Waals surface area (Å²) < 4.78 is 1.55. The van der Waals surface area contributed by atoms with Crippen LogP contribution in [0.3, 0.4) is 0 Å². The Morgan fingerprint density at radius 3 is 2.57 bits per heavy atom. The lowest BCUT2D eigenvalue weighted by atomic mass is 10.2. The Morgan fingerprint density at radius 2 is 2.00 bits per heavy atom. The molecule has 0 aliphatic carbocycles. The number of nitrogens with two attached hydrogens (primary N) is 1. The number of hydrogen-bond acceptors (Lipinski definition) is 2. The number of rotatable bonds is 2. The quantitative estimate of drug-likeness (QED) is 0.734. The summed E-state index contributed by atoms with van der Waals surface area (Å²) in [5, 5.41) is 0. The number of nitrogen functional groups attached to an aromatic ring is 1. The van der Waals surface area contributed by atoms with Crippen LogP contribution in [0.25, 0.3) is 0 Å². The average Bonchev–Trinajstić information content (AvgIpc) is 2.47. The molecule has 0 unspecified atom stereocenters. The SMILES string of the molecule is Nc1cn(Cc2ccccc2)c(=O)[nH]1. The number of nitrogens with zero attached hydrogens (tertiary/aromatic N) is 1. The van der Waals surface area contributed by atoms with Crippen molar-refractivity contribution in [2.24, 2.45) is 0 Å². The first-order valence-electron chi connectivity index (χ1n) is 4.34. The molecule has 0 amide bonds. The van der Waals surface area contributed by atoms with Crippen molar-refractivity contribution >= 4 is 5.82 Å². The lowest BCUT2D eigenvalue weighted by Crippen LogP contribution is -2.16. The average molecular weight is 189 g/mol. The zero-order valence-corrected chi connectivity index (χ0v) is 7.60. The van der Waals surface area contributed by atoms with Gasteiger partial charge in [0.15, 0.2) is 0 Å². The maximum absolute atomic E-state index is 11.3. The molecule has 0 spiro atoms. The maximum Gasteiger partial charge on any atom is 0.327 e. The molecule has 0 aliphatic rings. The van der Waals surface area contributed by atoms with E-state index in [1.165, 1.54) is 0 Å². The smallest absolute Gasteiger partial charge is 0.327 e. The van der Waals surface area contributed by atoms with Gasteiger partial charge in [0.05, 0.1) is 6.54 Å². The Balaban J connectivity index is 2.28. The highest BCUT2D eigenvalue weighted by molar-refractivity contribution is 5.24. The first-order chi connectivity index (χ1) is 6.75. The third-order valence-electron chi connectivity index (χ3n) is 2.00.